The minimum Gasteiger partial charge on any atom is -0.391 e. The van der Waals surface area contributed by atoms with Crippen molar-refractivity contribution in [3.05, 3.63) is 144 Å². The Morgan fingerprint density at radius 3 is 1.26 bits per heavy atom. The van der Waals surface area contributed by atoms with Crippen molar-refractivity contribution in [3.8, 4) is 33.6 Å². The van der Waals surface area contributed by atoms with Gasteiger partial charge in [0.2, 0.25) is 11.8 Å². The lowest BCUT2D eigenvalue weighted by Crippen LogP contribution is -2.41. The molecule has 2 saturated heterocycles. The summed E-state index contributed by atoms with van der Waals surface area (Å²) in [6.45, 7) is 0.505. The summed E-state index contributed by atoms with van der Waals surface area (Å²) in [5, 5.41) is 21.4. The quantitative estimate of drug-likeness (QED) is 0.125. The van der Waals surface area contributed by atoms with Gasteiger partial charge in [0.15, 0.2) is 0 Å². The van der Waals surface area contributed by atoms with Gasteiger partial charge in [-0.3, -0.25) is 19.4 Å². The summed E-state index contributed by atoms with van der Waals surface area (Å²) in [6, 6.07) is 34.2. The van der Waals surface area contributed by atoms with E-state index in [1.165, 1.54) is 0 Å². The fourth-order valence-electron chi connectivity index (χ4n) is 8.53. The molecule has 0 spiro atoms. The van der Waals surface area contributed by atoms with Gasteiger partial charge in [0.05, 0.1) is 48.1 Å². The number of nitrogens with one attached hydrogen (secondary N) is 2. The van der Waals surface area contributed by atoms with E-state index in [9.17, 15) is 19.8 Å². The van der Waals surface area contributed by atoms with E-state index >= 15 is 0 Å². The second-order valence-electron chi connectivity index (χ2n) is 15.9. The number of benzene rings is 4. The standard InChI is InChI=1S/C46H50N8O4/c1-51(2)41(33-11-7-5-8-12-33)45(57)53-27-35(55)23-39(53)43-47-25-37(49-43)31-19-15-29(16-20-31)30-17-21-32(22-18-30)38-26-48-44(50-38)40-24-36(56)28-54(40)46(58)42(52(3)4)34-13-9-6-10-14-34/h5-22,25-26,35-36,39-42,55-56H,23-24,27-28H2,1-4H3,(H,47,49)(H,48,50)/t35-,36-,39-,40-,41+,42+/m0/s1. The van der Waals surface area contributed by atoms with Crippen molar-refractivity contribution in [1.82, 2.24) is 39.5 Å². The number of aromatic nitrogens is 4. The second-order valence-corrected chi connectivity index (χ2v) is 15.9. The molecule has 8 rings (SSSR count). The van der Waals surface area contributed by atoms with Crippen LogP contribution in [0.3, 0.4) is 0 Å². The molecular weight excluding hydrogens is 729 g/mol. The van der Waals surface area contributed by atoms with E-state index < -0.39 is 24.3 Å². The Kier molecular flexibility index (Phi) is 11.1. The highest BCUT2D eigenvalue weighted by molar-refractivity contribution is 5.85. The number of aromatic amines is 2. The molecule has 0 radical (unpaired) electrons. The van der Waals surface area contributed by atoms with Crippen LogP contribution < -0.4 is 0 Å². The van der Waals surface area contributed by atoms with Crippen LogP contribution in [0.1, 0.15) is 59.8 Å². The minimum atomic E-state index is -0.634. The first kappa shape index (κ1) is 38.9. The molecule has 2 aromatic heterocycles. The van der Waals surface area contributed by atoms with Crippen molar-refractivity contribution in [2.75, 3.05) is 41.3 Å². The topological polar surface area (TPSA) is 145 Å². The van der Waals surface area contributed by atoms with Crippen LogP contribution in [-0.2, 0) is 9.59 Å². The monoisotopic (exact) mass is 778 g/mol. The number of H-pyrrole nitrogens is 2. The molecule has 12 nitrogen and oxygen atoms in total. The number of nitrogens with zero attached hydrogens (tertiary/aromatic N) is 6. The number of carbonyl (C=O) groups excluding carboxylic acids is 2. The summed E-state index contributed by atoms with van der Waals surface area (Å²) in [5.41, 5.74) is 7.50. The molecule has 6 atom stereocenters. The van der Waals surface area contributed by atoms with Gasteiger partial charge in [-0.1, -0.05) is 109 Å². The molecule has 6 aromatic rings. The molecule has 0 unspecified atom stereocenters. The Balaban J connectivity index is 0.946. The molecule has 4 heterocycles. The van der Waals surface area contributed by atoms with Crippen molar-refractivity contribution in [3.63, 3.8) is 0 Å². The maximum absolute atomic E-state index is 14.0. The van der Waals surface area contributed by atoms with Gasteiger partial charge in [-0.15, -0.1) is 0 Å². The molecule has 2 fully saturated rings. The average Bonchev–Trinajstić information content (AvgIpc) is 4.06. The van der Waals surface area contributed by atoms with Gasteiger partial charge in [0, 0.05) is 25.9 Å². The summed E-state index contributed by atoms with van der Waals surface area (Å²) >= 11 is 0. The SMILES string of the molecule is CN(C)[C@@H](C(=O)N1C[C@@H](O)C[C@H]1c1ncc(-c2ccc(-c3ccc(-c4cnc([C@@H]5C[C@H](O)CN5C(=O)[C@@H](c5ccccc5)N(C)C)[nH]4)cc3)cc2)[nH]1)c1ccccc1. The molecule has 0 saturated carbocycles. The lowest BCUT2D eigenvalue weighted by molar-refractivity contribution is -0.138. The van der Waals surface area contributed by atoms with Gasteiger partial charge in [-0.25, -0.2) is 9.97 Å². The average molecular weight is 779 g/mol. The number of likely N-dealkylation sites (tertiary alicyclic amines) is 2. The molecule has 0 aliphatic carbocycles. The maximum Gasteiger partial charge on any atom is 0.245 e. The molecule has 4 N–H and O–H groups in total. The lowest BCUT2D eigenvalue weighted by atomic mass is 10.0. The largest absolute Gasteiger partial charge is 0.391 e. The molecule has 2 aliphatic heterocycles. The Morgan fingerprint density at radius 2 is 0.914 bits per heavy atom. The van der Waals surface area contributed by atoms with Crippen LogP contribution in [0.25, 0.3) is 33.6 Å². The number of β-amino-alcohol motifs (C(OH)–C–C–N with tert-alkyl or cyclic N) is 2. The van der Waals surface area contributed by atoms with E-state index in [-0.39, 0.29) is 37.0 Å². The Morgan fingerprint density at radius 1 is 0.569 bits per heavy atom. The zero-order valence-electron chi connectivity index (χ0n) is 33.2. The van der Waals surface area contributed by atoms with Crippen LogP contribution in [0.5, 0.6) is 0 Å². The highest BCUT2D eigenvalue weighted by Crippen LogP contribution is 2.37. The van der Waals surface area contributed by atoms with Crippen LogP contribution in [0.2, 0.25) is 0 Å². The molecule has 4 aromatic carbocycles. The molecular formula is C46H50N8O4. The van der Waals surface area contributed by atoms with Gasteiger partial charge in [0.1, 0.15) is 23.7 Å². The number of imidazole rings is 2. The van der Waals surface area contributed by atoms with Crippen LogP contribution in [0.4, 0.5) is 0 Å². The fourth-order valence-corrected chi connectivity index (χ4v) is 8.53. The maximum atomic E-state index is 14.0. The van der Waals surface area contributed by atoms with Gasteiger partial charge in [-0.05, 0) is 61.6 Å². The molecule has 0 bridgehead atoms. The Labute approximate surface area is 338 Å². The number of likely N-dealkylation sites (N-methyl/N-ethyl adjacent to an activating group) is 2. The number of aliphatic hydroxyl groups excluding tert-OH is 2. The zero-order valence-corrected chi connectivity index (χ0v) is 33.2. The first-order valence-electron chi connectivity index (χ1n) is 19.8. The van der Waals surface area contributed by atoms with Crippen LogP contribution in [0.15, 0.2) is 122 Å². The van der Waals surface area contributed by atoms with Crippen molar-refractivity contribution in [2.45, 2.75) is 49.2 Å². The summed E-state index contributed by atoms with van der Waals surface area (Å²) in [7, 11) is 7.58. The van der Waals surface area contributed by atoms with Gasteiger partial charge in [0.25, 0.3) is 0 Å². The number of aliphatic hydroxyl groups is 2. The van der Waals surface area contributed by atoms with E-state index in [4.69, 9.17) is 9.97 Å². The fraction of sp³-hybridized carbons (Fsp3) is 0.304. The van der Waals surface area contributed by atoms with E-state index in [0.717, 1.165) is 44.8 Å². The van der Waals surface area contributed by atoms with E-state index in [2.05, 4.69) is 34.2 Å². The first-order chi connectivity index (χ1) is 28.0. The highest BCUT2D eigenvalue weighted by atomic mass is 16.3. The minimum absolute atomic E-state index is 0.0661. The summed E-state index contributed by atoms with van der Waals surface area (Å²) < 4.78 is 0. The van der Waals surface area contributed by atoms with Gasteiger partial charge < -0.3 is 30.0 Å². The normalized spacial score (nSPS) is 20.6. The summed E-state index contributed by atoms with van der Waals surface area (Å²) in [6.07, 6.45) is 3.14. The predicted octanol–water partition coefficient (Wildman–Crippen LogP) is 6.01. The molecule has 58 heavy (non-hydrogen) atoms. The van der Waals surface area contributed by atoms with E-state index in [1.807, 2.05) is 123 Å². The molecule has 12 heteroatoms. The zero-order chi connectivity index (χ0) is 40.5. The number of amides is 2. The number of carbonyl (C=O) groups is 2. The van der Waals surface area contributed by atoms with Crippen molar-refractivity contribution >= 4 is 11.8 Å². The van der Waals surface area contributed by atoms with E-state index in [0.29, 0.717) is 24.5 Å². The lowest BCUT2D eigenvalue weighted by Gasteiger charge is -2.31. The first-order valence-corrected chi connectivity index (χ1v) is 19.8. The number of hydrogen-bond acceptors (Lipinski definition) is 8. The van der Waals surface area contributed by atoms with Crippen LogP contribution >= 0.6 is 0 Å². The molecule has 2 amide bonds. The van der Waals surface area contributed by atoms with Crippen LogP contribution in [0, 0.1) is 0 Å². The third-order valence-electron chi connectivity index (χ3n) is 11.4. The molecule has 2 aliphatic rings. The van der Waals surface area contributed by atoms with Gasteiger partial charge >= 0.3 is 0 Å². The Bertz CT molecular complexity index is 2160. The van der Waals surface area contributed by atoms with Crippen LogP contribution in [-0.4, -0.2) is 115 Å². The van der Waals surface area contributed by atoms with Crippen molar-refractivity contribution in [1.29, 1.82) is 0 Å². The summed E-state index contributed by atoms with van der Waals surface area (Å²) in [5.74, 6) is 1.17. The van der Waals surface area contributed by atoms with Crippen molar-refractivity contribution in [2.24, 2.45) is 0 Å². The third-order valence-corrected chi connectivity index (χ3v) is 11.4. The smallest absolute Gasteiger partial charge is 0.245 e. The third kappa shape index (κ3) is 7.84. The Hall–Kier alpha value is -5.92. The van der Waals surface area contributed by atoms with E-state index in [1.54, 1.807) is 22.2 Å². The highest BCUT2D eigenvalue weighted by Gasteiger charge is 2.42. The van der Waals surface area contributed by atoms with Gasteiger partial charge in [-0.2, -0.15) is 0 Å². The summed E-state index contributed by atoms with van der Waals surface area (Å²) in [4.78, 5) is 51.5. The number of hydrogen-bond donors (Lipinski definition) is 4. The second kappa shape index (κ2) is 16.5. The molecule has 298 valence electrons. The van der Waals surface area contributed by atoms with Crippen molar-refractivity contribution < 1.29 is 19.8 Å². The number of rotatable bonds is 11. The predicted molar refractivity (Wildman–Crippen MR) is 223 cm³/mol.